The average Bonchev–Trinajstić information content (AvgIpc) is 2.71. The molecule has 0 radical (unpaired) electrons. The van der Waals surface area contributed by atoms with E-state index in [4.69, 9.17) is 5.73 Å². The van der Waals surface area contributed by atoms with Crippen molar-refractivity contribution >= 4 is 11.0 Å². The maximum atomic E-state index is 5.74. The normalized spacial score (nSPS) is 13.9. The molecule has 0 spiro atoms. The van der Waals surface area contributed by atoms with E-state index in [1.165, 1.54) is 5.56 Å². The van der Waals surface area contributed by atoms with Gasteiger partial charge in [-0.15, -0.1) is 0 Å². The van der Waals surface area contributed by atoms with Gasteiger partial charge in [-0.1, -0.05) is 19.9 Å². The van der Waals surface area contributed by atoms with E-state index in [1.54, 1.807) is 0 Å². The van der Waals surface area contributed by atoms with E-state index in [9.17, 15) is 0 Å². The first-order valence-electron chi connectivity index (χ1n) is 6.78. The van der Waals surface area contributed by atoms with Crippen LogP contribution in [0, 0.1) is 5.41 Å². The molecule has 0 aliphatic rings. The van der Waals surface area contributed by atoms with Crippen molar-refractivity contribution in [1.29, 1.82) is 0 Å². The van der Waals surface area contributed by atoms with Gasteiger partial charge in [0.05, 0.1) is 17.4 Å². The Bertz CT molecular complexity index is 556. The fourth-order valence-corrected chi connectivity index (χ4v) is 2.86. The lowest BCUT2D eigenvalue weighted by atomic mass is 9.78. The Hall–Kier alpha value is -1.39. The van der Waals surface area contributed by atoms with Gasteiger partial charge in [-0.2, -0.15) is 0 Å². The molecule has 0 aliphatic heterocycles. The van der Waals surface area contributed by atoms with Crippen LogP contribution in [-0.2, 0) is 7.05 Å². The molecule has 2 aromatic rings. The number of hydrogen-bond donors (Lipinski definition) is 2. The van der Waals surface area contributed by atoms with Crippen LogP contribution in [0.1, 0.15) is 31.9 Å². The summed E-state index contributed by atoms with van der Waals surface area (Å²) in [5.74, 6) is 0. The van der Waals surface area contributed by atoms with Crippen molar-refractivity contribution in [3.8, 4) is 0 Å². The fraction of sp³-hybridized carbons (Fsp3) is 0.533. The molecule has 1 atom stereocenters. The Morgan fingerprint density at radius 2 is 2.16 bits per heavy atom. The average molecular weight is 260 g/mol. The van der Waals surface area contributed by atoms with Gasteiger partial charge in [0, 0.05) is 13.1 Å². The fourth-order valence-electron chi connectivity index (χ4n) is 2.86. The highest BCUT2D eigenvalue weighted by atomic mass is 15.0. The molecule has 1 unspecified atom stereocenters. The third-order valence-electron chi connectivity index (χ3n) is 3.94. The summed E-state index contributed by atoms with van der Waals surface area (Å²) in [7, 11) is 4.02. The molecular formula is C15H24N4. The number of aryl methyl sites for hydroxylation is 1. The number of nitrogens with zero attached hydrogens (tertiary/aromatic N) is 2. The van der Waals surface area contributed by atoms with Gasteiger partial charge >= 0.3 is 0 Å². The predicted octanol–water partition coefficient (Wildman–Crippen LogP) is 2.21. The van der Waals surface area contributed by atoms with Crippen molar-refractivity contribution in [2.24, 2.45) is 18.2 Å². The zero-order valence-corrected chi connectivity index (χ0v) is 12.3. The summed E-state index contributed by atoms with van der Waals surface area (Å²) in [5.41, 5.74) is 9.33. The van der Waals surface area contributed by atoms with Crippen LogP contribution in [0.25, 0.3) is 11.0 Å². The van der Waals surface area contributed by atoms with Crippen LogP contribution in [0.2, 0.25) is 0 Å². The summed E-state index contributed by atoms with van der Waals surface area (Å²) in [6.45, 7) is 5.21. The quantitative estimate of drug-likeness (QED) is 0.866. The van der Waals surface area contributed by atoms with Crippen molar-refractivity contribution in [3.63, 3.8) is 0 Å². The molecule has 104 valence electrons. The van der Waals surface area contributed by atoms with Crippen LogP contribution >= 0.6 is 0 Å². The first-order valence-corrected chi connectivity index (χ1v) is 6.78. The molecule has 3 N–H and O–H groups in total. The third-order valence-corrected chi connectivity index (χ3v) is 3.94. The molecule has 2 rings (SSSR count). The Morgan fingerprint density at radius 3 is 2.79 bits per heavy atom. The van der Waals surface area contributed by atoms with Gasteiger partial charge < -0.3 is 15.6 Å². The molecule has 0 aliphatic carbocycles. The lowest BCUT2D eigenvalue weighted by molar-refractivity contribution is 0.239. The second-order valence-corrected chi connectivity index (χ2v) is 5.85. The van der Waals surface area contributed by atoms with Crippen LogP contribution in [0.4, 0.5) is 0 Å². The van der Waals surface area contributed by atoms with E-state index in [2.05, 4.69) is 42.3 Å². The number of aromatic nitrogens is 2. The summed E-state index contributed by atoms with van der Waals surface area (Å²) in [6, 6.07) is 6.78. The zero-order valence-electron chi connectivity index (χ0n) is 12.3. The number of benzene rings is 1. The summed E-state index contributed by atoms with van der Waals surface area (Å²) in [6.07, 6.45) is 2.84. The van der Waals surface area contributed by atoms with Crippen LogP contribution in [-0.4, -0.2) is 23.1 Å². The summed E-state index contributed by atoms with van der Waals surface area (Å²) in [4.78, 5) is 4.43. The van der Waals surface area contributed by atoms with Gasteiger partial charge in [-0.3, -0.25) is 0 Å². The molecule has 1 aromatic carbocycles. The number of nitrogens with one attached hydrogen (secondary N) is 1. The van der Waals surface area contributed by atoms with E-state index >= 15 is 0 Å². The second kappa shape index (κ2) is 5.31. The van der Waals surface area contributed by atoms with Gasteiger partial charge in [0.2, 0.25) is 0 Å². The maximum absolute atomic E-state index is 5.74. The molecule has 0 bridgehead atoms. The van der Waals surface area contributed by atoms with Gasteiger partial charge in [-0.25, -0.2) is 4.98 Å². The monoisotopic (exact) mass is 260 g/mol. The number of rotatable bonds is 5. The molecule has 0 fully saturated rings. The Labute approximate surface area is 115 Å². The largest absolute Gasteiger partial charge is 0.334 e. The van der Waals surface area contributed by atoms with Crippen LogP contribution in [0.15, 0.2) is 24.5 Å². The van der Waals surface area contributed by atoms with E-state index in [0.29, 0.717) is 6.54 Å². The minimum atomic E-state index is 0.117. The third kappa shape index (κ3) is 2.65. The maximum Gasteiger partial charge on any atom is 0.0955 e. The molecule has 1 heterocycles. The lowest BCUT2D eigenvalue weighted by Gasteiger charge is -2.34. The standard InChI is InChI=1S/C15H24N4/c1-15(2,7-8-16)14(17-3)11-5-6-13-12(9-11)18-10-19(13)4/h5-6,9-10,14,17H,7-8,16H2,1-4H3. The minimum Gasteiger partial charge on any atom is -0.334 e. The minimum absolute atomic E-state index is 0.117. The van der Waals surface area contributed by atoms with E-state index < -0.39 is 0 Å². The van der Waals surface area contributed by atoms with Crippen molar-refractivity contribution in [2.75, 3.05) is 13.6 Å². The molecule has 0 saturated heterocycles. The Morgan fingerprint density at radius 1 is 1.42 bits per heavy atom. The van der Waals surface area contributed by atoms with Crippen LogP contribution in [0.5, 0.6) is 0 Å². The smallest absolute Gasteiger partial charge is 0.0955 e. The van der Waals surface area contributed by atoms with Crippen molar-refractivity contribution in [1.82, 2.24) is 14.9 Å². The predicted molar refractivity (Wildman–Crippen MR) is 80.0 cm³/mol. The van der Waals surface area contributed by atoms with Gasteiger partial charge in [0.25, 0.3) is 0 Å². The molecule has 4 nitrogen and oxygen atoms in total. The first-order chi connectivity index (χ1) is 8.99. The lowest BCUT2D eigenvalue weighted by Crippen LogP contribution is -2.33. The van der Waals surface area contributed by atoms with E-state index in [-0.39, 0.29) is 11.5 Å². The highest BCUT2D eigenvalue weighted by Gasteiger charge is 2.29. The van der Waals surface area contributed by atoms with Gasteiger partial charge in [0.1, 0.15) is 0 Å². The highest BCUT2D eigenvalue weighted by molar-refractivity contribution is 5.76. The topological polar surface area (TPSA) is 55.9 Å². The Balaban J connectivity index is 2.40. The summed E-state index contributed by atoms with van der Waals surface area (Å²) >= 11 is 0. The first kappa shape index (κ1) is 14.0. The van der Waals surface area contributed by atoms with Crippen molar-refractivity contribution in [2.45, 2.75) is 26.3 Å². The SMILES string of the molecule is CNC(c1ccc2c(c1)ncn2C)C(C)(C)CCN. The molecule has 0 amide bonds. The highest BCUT2D eigenvalue weighted by Crippen LogP contribution is 2.36. The van der Waals surface area contributed by atoms with Crippen molar-refractivity contribution < 1.29 is 0 Å². The summed E-state index contributed by atoms with van der Waals surface area (Å²) < 4.78 is 2.04. The number of hydrogen-bond acceptors (Lipinski definition) is 3. The Kier molecular flexibility index (Phi) is 3.92. The molecule has 0 saturated carbocycles. The molecular weight excluding hydrogens is 236 g/mol. The van der Waals surface area contributed by atoms with Gasteiger partial charge in [-0.05, 0) is 43.1 Å². The van der Waals surface area contributed by atoms with E-state index in [0.717, 1.165) is 17.5 Å². The molecule has 1 aromatic heterocycles. The number of fused-ring (bicyclic) bond motifs is 1. The zero-order chi connectivity index (χ0) is 14.0. The number of imidazole rings is 1. The summed E-state index contributed by atoms with van der Waals surface area (Å²) in [5, 5.41) is 3.42. The molecule has 19 heavy (non-hydrogen) atoms. The van der Waals surface area contributed by atoms with Gasteiger partial charge in [0.15, 0.2) is 0 Å². The van der Waals surface area contributed by atoms with Crippen LogP contribution < -0.4 is 11.1 Å². The van der Waals surface area contributed by atoms with Crippen molar-refractivity contribution in [3.05, 3.63) is 30.1 Å². The van der Waals surface area contributed by atoms with Crippen LogP contribution in [0.3, 0.4) is 0 Å². The second-order valence-electron chi connectivity index (χ2n) is 5.85. The molecule has 4 heteroatoms. The number of nitrogens with two attached hydrogens (primary N) is 1. The van der Waals surface area contributed by atoms with E-state index in [1.807, 2.05) is 25.0 Å².